The lowest BCUT2D eigenvalue weighted by molar-refractivity contribution is -0.139. The molecule has 0 spiro atoms. The van der Waals surface area contributed by atoms with Crippen molar-refractivity contribution >= 4 is 24.3 Å². The van der Waals surface area contributed by atoms with Crippen molar-refractivity contribution in [2.75, 3.05) is 6.61 Å². The van der Waals surface area contributed by atoms with Crippen LogP contribution in [0.2, 0.25) is 0 Å². The number of halogens is 3. The van der Waals surface area contributed by atoms with Crippen molar-refractivity contribution in [2.45, 2.75) is 70.8 Å². The Labute approximate surface area is 152 Å². The fraction of sp³-hybridized carbons (Fsp3) is 0.750. The third kappa shape index (κ3) is 6.87. The van der Waals surface area contributed by atoms with Gasteiger partial charge >= 0.3 is 12.4 Å². The minimum Gasteiger partial charge on any atom is -0.463 e. The number of ether oxygens (including phenoxy) is 2. The first-order valence-corrected chi connectivity index (χ1v) is 8.21. The third-order valence-corrected chi connectivity index (χ3v) is 3.94. The van der Waals surface area contributed by atoms with Crippen molar-refractivity contribution in [2.24, 2.45) is 5.73 Å². The summed E-state index contributed by atoms with van der Waals surface area (Å²) in [4.78, 5) is 23.3. The van der Waals surface area contributed by atoms with E-state index in [2.05, 4.69) is 5.32 Å². The minimum atomic E-state index is -3.14. The Bertz CT molecular complexity index is 473. The second-order valence-electron chi connectivity index (χ2n) is 5.65. The highest BCUT2D eigenvalue weighted by Crippen LogP contribution is 2.24. The SMILES string of the molecule is CCOC(=O)C1=C[C@@H](OC(CC)CC)[C@H](NC(=O)C(F)F)[C@@H](N)C1.Cl. The molecule has 1 aliphatic carbocycles. The standard InChI is InChI=1S/C16H26F2N2O4.ClH/c1-4-10(5-2)24-12-8-9(16(22)23-6-3)7-11(19)13(12)20-15(21)14(17)18;/h8,10-14H,4-7,19H2,1-3H3,(H,20,21);1H/t11-,12+,13+;/m0./s1. The van der Waals surface area contributed by atoms with Gasteiger partial charge in [0, 0.05) is 11.6 Å². The van der Waals surface area contributed by atoms with E-state index in [-0.39, 0.29) is 31.5 Å². The summed E-state index contributed by atoms with van der Waals surface area (Å²) < 4.78 is 36.0. The molecule has 0 fully saturated rings. The highest BCUT2D eigenvalue weighted by molar-refractivity contribution is 5.89. The van der Waals surface area contributed by atoms with E-state index in [1.54, 1.807) is 6.92 Å². The third-order valence-electron chi connectivity index (χ3n) is 3.94. The first-order chi connectivity index (χ1) is 11.3. The van der Waals surface area contributed by atoms with Gasteiger partial charge in [0.25, 0.3) is 5.91 Å². The van der Waals surface area contributed by atoms with Crippen LogP contribution in [0.4, 0.5) is 8.78 Å². The van der Waals surface area contributed by atoms with Gasteiger partial charge < -0.3 is 20.5 Å². The van der Waals surface area contributed by atoms with Gasteiger partial charge in [-0.05, 0) is 32.3 Å². The predicted molar refractivity (Wildman–Crippen MR) is 91.7 cm³/mol. The molecule has 146 valence electrons. The number of carbonyl (C=O) groups is 2. The lowest BCUT2D eigenvalue weighted by Crippen LogP contribution is -2.58. The van der Waals surface area contributed by atoms with E-state index in [9.17, 15) is 18.4 Å². The van der Waals surface area contributed by atoms with Crippen LogP contribution in [-0.4, -0.2) is 49.2 Å². The summed E-state index contributed by atoms with van der Waals surface area (Å²) in [5.41, 5.74) is 6.35. The van der Waals surface area contributed by atoms with E-state index in [1.165, 1.54) is 6.08 Å². The van der Waals surface area contributed by atoms with E-state index in [0.29, 0.717) is 18.4 Å². The summed E-state index contributed by atoms with van der Waals surface area (Å²) >= 11 is 0. The summed E-state index contributed by atoms with van der Waals surface area (Å²) in [6.45, 7) is 5.76. The smallest absolute Gasteiger partial charge is 0.333 e. The second-order valence-corrected chi connectivity index (χ2v) is 5.65. The Morgan fingerprint density at radius 1 is 1.32 bits per heavy atom. The van der Waals surface area contributed by atoms with Gasteiger partial charge in [-0.2, -0.15) is 8.78 Å². The fourth-order valence-corrected chi connectivity index (χ4v) is 2.61. The molecule has 1 rings (SSSR count). The zero-order valence-corrected chi connectivity index (χ0v) is 15.5. The Morgan fingerprint density at radius 2 is 1.92 bits per heavy atom. The van der Waals surface area contributed by atoms with Crippen molar-refractivity contribution < 1.29 is 27.8 Å². The molecule has 0 aliphatic heterocycles. The average Bonchev–Trinajstić information content (AvgIpc) is 2.54. The largest absolute Gasteiger partial charge is 0.463 e. The van der Waals surface area contributed by atoms with Gasteiger partial charge in [-0.25, -0.2) is 4.79 Å². The van der Waals surface area contributed by atoms with E-state index >= 15 is 0 Å². The van der Waals surface area contributed by atoms with Crippen LogP contribution < -0.4 is 11.1 Å². The van der Waals surface area contributed by atoms with E-state index < -0.39 is 36.5 Å². The maximum atomic E-state index is 12.6. The van der Waals surface area contributed by atoms with Crippen LogP contribution in [0.15, 0.2) is 11.6 Å². The van der Waals surface area contributed by atoms with Gasteiger partial charge in [0.15, 0.2) is 0 Å². The summed E-state index contributed by atoms with van der Waals surface area (Å²) in [5.74, 6) is -1.91. The molecular formula is C16H27ClF2N2O4. The van der Waals surface area contributed by atoms with Crippen LogP contribution in [-0.2, 0) is 19.1 Å². The van der Waals surface area contributed by atoms with Crippen molar-refractivity contribution in [3.8, 4) is 0 Å². The lowest BCUT2D eigenvalue weighted by atomic mass is 9.88. The summed E-state index contributed by atoms with van der Waals surface area (Å²) in [6.07, 6.45) is -0.972. The predicted octanol–water partition coefficient (Wildman–Crippen LogP) is 1.95. The minimum absolute atomic E-state index is 0. The van der Waals surface area contributed by atoms with Gasteiger partial charge in [-0.3, -0.25) is 4.79 Å². The van der Waals surface area contributed by atoms with E-state index in [0.717, 1.165) is 0 Å². The van der Waals surface area contributed by atoms with Crippen molar-refractivity contribution in [1.29, 1.82) is 0 Å². The number of alkyl halides is 2. The number of hydrogen-bond donors (Lipinski definition) is 2. The monoisotopic (exact) mass is 384 g/mol. The van der Waals surface area contributed by atoms with Crippen LogP contribution in [0.3, 0.4) is 0 Å². The maximum absolute atomic E-state index is 12.6. The number of esters is 1. The quantitative estimate of drug-likeness (QED) is 0.624. The van der Waals surface area contributed by atoms with Crippen molar-refractivity contribution in [1.82, 2.24) is 5.32 Å². The molecule has 0 aromatic carbocycles. The van der Waals surface area contributed by atoms with Crippen LogP contribution in [0.5, 0.6) is 0 Å². The molecule has 0 radical (unpaired) electrons. The van der Waals surface area contributed by atoms with E-state index in [4.69, 9.17) is 15.2 Å². The zero-order chi connectivity index (χ0) is 18.3. The molecule has 0 unspecified atom stereocenters. The Balaban J connectivity index is 0.00000576. The summed E-state index contributed by atoms with van der Waals surface area (Å²) in [6, 6.07) is -1.55. The molecular weight excluding hydrogens is 358 g/mol. The van der Waals surface area contributed by atoms with Gasteiger partial charge in [-0.15, -0.1) is 12.4 Å². The number of amides is 1. The molecule has 1 aliphatic rings. The highest BCUT2D eigenvalue weighted by Gasteiger charge is 2.37. The molecule has 25 heavy (non-hydrogen) atoms. The number of nitrogens with two attached hydrogens (primary N) is 1. The molecule has 0 saturated carbocycles. The Hall–Kier alpha value is -1.25. The lowest BCUT2D eigenvalue weighted by Gasteiger charge is -2.36. The normalized spacial score (nSPS) is 23.0. The Morgan fingerprint density at radius 3 is 2.40 bits per heavy atom. The molecule has 3 atom stereocenters. The molecule has 9 heteroatoms. The molecule has 0 bridgehead atoms. The van der Waals surface area contributed by atoms with Crippen molar-refractivity contribution in [3.05, 3.63) is 11.6 Å². The molecule has 6 nitrogen and oxygen atoms in total. The summed E-state index contributed by atoms with van der Waals surface area (Å²) in [5, 5.41) is 2.23. The molecule has 0 saturated heterocycles. The van der Waals surface area contributed by atoms with Crippen LogP contribution >= 0.6 is 12.4 Å². The zero-order valence-electron chi connectivity index (χ0n) is 14.7. The molecule has 0 heterocycles. The second kappa shape index (κ2) is 11.4. The molecule has 0 aromatic rings. The number of carbonyl (C=O) groups excluding carboxylic acids is 2. The average molecular weight is 385 g/mol. The van der Waals surface area contributed by atoms with Crippen LogP contribution in [0.1, 0.15) is 40.0 Å². The first-order valence-electron chi connectivity index (χ1n) is 8.21. The number of hydrogen-bond acceptors (Lipinski definition) is 5. The maximum Gasteiger partial charge on any atom is 0.333 e. The number of rotatable bonds is 8. The molecule has 1 amide bonds. The Kier molecular flexibility index (Phi) is 10.8. The first kappa shape index (κ1) is 23.8. The van der Waals surface area contributed by atoms with Gasteiger partial charge in [0.05, 0.1) is 24.9 Å². The topological polar surface area (TPSA) is 90.6 Å². The van der Waals surface area contributed by atoms with Gasteiger partial charge in [0.1, 0.15) is 0 Å². The van der Waals surface area contributed by atoms with Gasteiger partial charge in [0.2, 0.25) is 0 Å². The van der Waals surface area contributed by atoms with Gasteiger partial charge in [-0.1, -0.05) is 13.8 Å². The van der Waals surface area contributed by atoms with Crippen LogP contribution in [0.25, 0.3) is 0 Å². The van der Waals surface area contributed by atoms with Crippen molar-refractivity contribution in [3.63, 3.8) is 0 Å². The van der Waals surface area contributed by atoms with E-state index in [1.807, 2.05) is 13.8 Å². The molecule has 0 aromatic heterocycles. The molecule has 3 N–H and O–H groups in total. The fourth-order valence-electron chi connectivity index (χ4n) is 2.61. The van der Waals surface area contributed by atoms with Crippen LogP contribution in [0, 0.1) is 0 Å². The number of nitrogens with one attached hydrogen (secondary N) is 1. The summed E-state index contributed by atoms with van der Waals surface area (Å²) in [7, 11) is 0. The highest BCUT2D eigenvalue weighted by atomic mass is 35.5.